The Labute approximate surface area is 165 Å². The van der Waals surface area contributed by atoms with Crippen molar-refractivity contribution in [2.45, 2.75) is 13.8 Å². The first-order valence-corrected chi connectivity index (χ1v) is 9.52. The number of hydrogen-bond acceptors (Lipinski definition) is 6. The molecule has 0 spiro atoms. The monoisotopic (exact) mass is 394 g/mol. The summed E-state index contributed by atoms with van der Waals surface area (Å²) < 4.78 is 12.5. The average Bonchev–Trinajstić information content (AvgIpc) is 3.40. The molecule has 1 amide bonds. The Kier molecular flexibility index (Phi) is 4.94. The molecule has 0 bridgehead atoms. The first-order chi connectivity index (χ1) is 13.6. The third-order valence-electron chi connectivity index (χ3n) is 3.91. The second kappa shape index (κ2) is 7.69. The minimum Gasteiger partial charge on any atom is -0.484 e. The SMILES string of the molecule is Cc1cccc(OCC(=O)Nc2cc(C)nn2-c2nc(-c3ccco3)cs2)c1. The van der Waals surface area contributed by atoms with Gasteiger partial charge in [-0.25, -0.2) is 4.98 Å². The van der Waals surface area contributed by atoms with Crippen molar-refractivity contribution in [3.05, 3.63) is 65.4 Å². The van der Waals surface area contributed by atoms with Gasteiger partial charge >= 0.3 is 0 Å². The van der Waals surface area contributed by atoms with E-state index in [9.17, 15) is 4.79 Å². The molecule has 28 heavy (non-hydrogen) atoms. The third-order valence-corrected chi connectivity index (χ3v) is 4.72. The van der Waals surface area contributed by atoms with Crippen LogP contribution in [0.15, 0.2) is 58.5 Å². The fourth-order valence-electron chi connectivity index (χ4n) is 2.67. The van der Waals surface area contributed by atoms with Gasteiger partial charge in [0.1, 0.15) is 17.3 Å². The van der Waals surface area contributed by atoms with Gasteiger partial charge in [0.05, 0.1) is 12.0 Å². The maximum atomic E-state index is 12.3. The van der Waals surface area contributed by atoms with Crippen molar-refractivity contribution < 1.29 is 13.9 Å². The predicted octanol–water partition coefficient (Wildman–Crippen LogP) is 4.22. The van der Waals surface area contributed by atoms with Crippen molar-refractivity contribution in [3.8, 4) is 22.3 Å². The Balaban J connectivity index is 1.48. The van der Waals surface area contributed by atoms with E-state index in [1.165, 1.54) is 11.3 Å². The van der Waals surface area contributed by atoms with E-state index in [4.69, 9.17) is 9.15 Å². The second-order valence-electron chi connectivity index (χ2n) is 6.23. The zero-order valence-electron chi connectivity index (χ0n) is 15.4. The van der Waals surface area contributed by atoms with Gasteiger partial charge in [-0.05, 0) is 43.7 Å². The van der Waals surface area contributed by atoms with Gasteiger partial charge < -0.3 is 14.5 Å². The molecule has 0 fully saturated rings. The predicted molar refractivity (Wildman–Crippen MR) is 107 cm³/mol. The zero-order valence-corrected chi connectivity index (χ0v) is 16.2. The van der Waals surface area contributed by atoms with Crippen molar-refractivity contribution in [3.63, 3.8) is 0 Å². The molecular weight excluding hydrogens is 376 g/mol. The molecule has 0 aliphatic carbocycles. The Bertz CT molecular complexity index is 1100. The number of thiazole rings is 1. The number of furan rings is 1. The number of hydrogen-bond donors (Lipinski definition) is 1. The van der Waals surface area contributed by atoms with Gasteiger partial charge in [0.2, 0.25) is 5.13 Å². The molecule has 3 aromatic heterocycles. The highest BCUT2D eigenvalue weighted by atomic mass is 32.1. The van der Waals surface area contributed by atoms with E-state index in [2.05, 4.69) is 15.4 Å². The van der Waals surface area contributed by atoms with Gasteiger partial charge in [-0.3, -0.25) is 4.79 Å². The van der Waals surface area contributed by atoms with Gasteiger partial charge in [0.25, 0.3) is 5.91 Å². The molecule has 142 valence electrons. The first kappa shape index (κ1) is 18.0. The fourth-order valence-corrected chi connectivity index (χ4v) is 3.44. The summed E-state index contributed by atoms with van der Waals surface area (Å²) in [5.74, 6) is 1.60. The van der Waals surface area contributed by atoms with Crippen molar-refractivity contribution in [2.75, 3.05) is 11.9 Å². The third kappa shape index (κ3) is 3.96. The summed E-state index contributed by atoms with van der Waals surface area (Å²) in [6.45, 7) is 3.74. The highest BCUT2D eigenvalue weighted by Gasteiger charge is 2.15. The lowest BCUT2D eigenvalue weighted by Gasteiger charge is -2.08. The van der Waals surface area contributed by atoms with Crippen LogP contribution in [0.25, 0.3) is 16.6 Å². The minimum absolute atomic E-state index is 0.0941. The number of benzene rings is 1. The lowest BCUT2D eigenvalue weighted by Crippen LogP contribution is -2.21. The van der Waals surface area contributed by atoms with Crippen LogP contribution in [-0.2, 0) is 4.79 Å². The van der Waals surface area contributed by atoms with E-state index >= 15 is 0 Å². The maximum Gasteiger partial charge on any atom is 0.263 e. The normalized spacial score (nSPS) is 10.8. The molecule has 0 saturated carbocycles. The molecule has 0 atom stereocenters. The van der Waals surface area contributed by atoms with Crippen LogP contribution in [0, 0.1) is 13.8 Å². The van der Waals surface area contributed by atoms with Crippen molar-refractivity contribution in [1.82, 2.24) is 14.8 Å². The summed E-state index contributed by atoms with van der Waals surface area (Å²) in [4.78, 5) is 16.9. The number of amides is 1. The molecule has 0 saturated heterocycles. The standard InChI is InChI=1S/C20H18N4O3S/c1-13-5-3-6-15(9-13)27-11-19(25)22-18-10-14(2)23-24(18)20-21-16(12-28-20)17-7-4-8-26-17/h3-10,12H,11H2,1-2H3,(H,22,25). The number of carbonyl (C=O) groups is 1. The maximum absolute atomic E-state index is 12.3. The summed E-state index contributed by atoms with van der Waals surface area (Å²) in [6.07, 6.45) is 1.60. The smallest absolute Gasteiger partial charge is 0.263 e. The number of ether oxygens (including phenoxy) is 1. The Morgan fingerprint density at radius 1 is 1.25 bits per heavy atom. The van der Waals surface area contributed by atoms with E-state index < -0.39 is 0 Å². The van der Waals surface area contributed by atoms with Crippen molar-refractivity contribution in [1.29, 1.82) is 0 Å². The van der Waals surface area contributed by atoms with E-state index in [1.54, 1.807) is 17.0 Å². The molecule has 0 aliphatic heterocycles. The molecule has 1 N–H and O–H groups in total. The molecule has 4 aromatic rings. The lowest BCUT2D eigenvalue weighted by atomic mass is 10.2. The molecule has 8 heteroatoms. The van der Waals surface area contributed by atoms with Crippen LogP contribution in [0.3, 0.4) is 0 Å². The van der Waals surface area contributed by atoms with Gasteiger partial charge in [-0.2, -0.15) is 9.78 Å². The number of rotatable bonds is 6. The van der Waals surface area contributed by atoms with Crippen LogP contribution in [0.2, 0.25) is 0 Å². The molecule has 7 nitrogen and oxygen atoms in total. The van der Waals surface area contributed by atoms with Crippen LogP contribution >= 0.6 is 11.3 Å². The Morgan fingerprint density at radius 2 is 2.14 bits per heavy atom. The highest BCUT2D eigenvalue weighted by Crippen LogP contribution is 2.26. The van der Waals surface area contributed by atoms with E-state index in [-0.39, 0.29) is 12.5 Å². The molecule has 4 rings (SSSR count). The summed E-state index contributed by atoms with van der Waals surface area (Å²) in [5.41, 5.74) is 2.56. The van der Waals surface area contributed by atoms with E-state index in [0.29, 0.717) is 22.5 Å². The topological polar surface area (TPSA) is 82.2 Å². The molecule has 1 aromatic carbocycles. The average molecular weight is 394 g/mol. The van der Waals surface area contributed by atoms with Crippen LogP contribution < -0.4 is 10.1 Å². The second-order valence-corrected chi connectivity index (χ2v) is 7.07. The number of nitrogens with one attached hydrogen (secondary N) is 1. The Hall–Kier alpha value is -3.39. The van der Waals surface area contributed by atoms with Crippen LogP contribution in [-0.4, -0.2) is 27.3 Å². The molecular formula is C20H18N4O3S. The molecule has 0 unspecified atom stereocenters. The number of carbonyl (C=O) groups excluding carboxylic acids is 1. The molecule has 0 aliphatic rings. The van der Waals surface area contributed by atoms with Gasteiger partial charge in [-0.15, -0.1) is 11.3 Å². The molecule has 0 radical (unpaired) electrons. The highest BCUT2D eigenvalue weighted by molar-refractivity contribution is 7.12. The summed E-state index contributed by atoms with van der Waals surface area (Å²) in [7, 11) is 0. The van der Waals surface area contributed by atoms with Crippen molar-refractivity contribution in [2.24, 2.45) is 0 Å². The van der Waals surface area contributed by atoms with Gasteiger partial charge in [0, 0.05) is 11.4 Å². The van der Waals surface area contributed by atoms with Gasteiger partial charge in [-0.1, -0.05) is 12.1 Å². The number of anilines is 1. The van der Waals surface area contributed by atoms with E-state index in [0.717, 1.165) is 17.0 Å². The minimum atomic E-state index is -0.273. The Morgan fingerprint density at radius 3 is 2.93 bits per heavy atom. The summed E-state index contributed by atoms with van der Waals surface area (Å²) >= 11 is 1.41. The number of aryl methyl sites for hydroxylation is 2. The number of nitrogens with zero attached hydrogens (tertiary/aromatic N) is 3. The molecule has 3 heterocycles. The summed E-state index contributed by atoms with van der Waals surface area (Å²) in [5, 5.41) is 9.80. The first-order valence-electron chi connectivity index (χ1n) is 8.64. The fraction of sp³-hybridized carbons (Fsp3) is 0.150. The van der Waals surface area contributed by atoms with Crippen LogP contribution in [0.5, 0.6) is 5.75 Å². The van der Waals surface area contributed by atoms with E-state index in [1.807, 2.05) is 55.6 Å². The zero-order chi connectivity index (χ0) is 19.5. The number of aromatic nitrogens is 3. The van der Waals surface area contributed by atoms with Crippen molar-refractivity contribution >= 4 is 23.1 Å². The quantitative estimate of drug-likeness (QED) is 0.529. The van der Waals surface area contributed by atoms with Crippen LogP contribution in [0.1, 0.15) is 11.3 Å². The van der Waals surface area contributed by atoms with Gasteiger partial charge in [0.15, 0.2) is 12.4 Å². The summed E-state index contributed by atoms with van der Waals surface area (Å²) in [6, 6.07) is 13.0. The largest absolute Gasteiger partial charge is 0.484 e. The van der Waals surface area contributed by atoms with Crippen LogP contribution in [0.4, 0.5) is 5.82 Å². The lowest BCUT2D eigenvalue weighted by molar-refractivity contribution is -0.118.